The van der Waals surface area contributed by atoms with E-state index >= 15 is 0 Å². The van der Waals surface area contributed by atoms with Gasteiger partial charge in [0.15, 0.2) is 0 Å². The van der Waals surface area contributed by atoms with Crippen LogP contribution in [0, 0.1) is 17.8 Å². The van der Waals surface area contributed by atoms with Crippen molar-refractivity contribution in [3.63, 3.8) is 0 Å². The van der Waals surface area contributed by atoms with Crippen LogP contribution in [0.25, 0.3) is 0 Å². The van der Waals surface area contributed by atoms with Gasteiger partial charge in [-0.3, -0.25) is 9.59 Å². The smallest absolute Gasteiger partial charge is 0.222 e. The van der Waals surface area contributed by atoms with Crippen molar-refractivity contribution >= 4 is 11.8 Å². The van der Waals surface area contributed by atoms with Gasteiger partial charge in [-0.15, -0.1) is 0 Å². The van der Waals surface area contributed by atoms with Crippen LogP contribution < -0.4 is 10.6 Å². The molecule has 0 saturated carbocycles. The second kappa shape index (κ2) is 16.9. The van der Waals surface area contributed by atoms with Crippen LogP contribution in [0.3, 0.4) is 0 Å². The van der Waals surface area contributed by atoms with E-state index < -0.39 is 0 Å². The maximum absolute atomic E-state index is 11.0. The van der Waals surface area contributed by atoms with E-state index in [1.54, 1.807) is 0 Å². The van der Waals surface area contributed by atoms with Crippen molar-refractivity contribution in [2.75, 3.05) is 6.54 Å². The minimum atomic E-state index is 0.110. The van der Waals surface area contributed by atoms with E-state index in [9.17, 15) is 9.59 Å². The highest BCUT2D eigenvalue weighted by atomic mass is 16.3. The Morgan fingerprint density at radius 1 is 0.774 bits per heavy atom. The second-order valence-corrected chi connectivity index (χ2v) is 10.2. The van der Waals surface area contributed by atoms with Gasteiger partial charge in [0, 0.05) is 36.8 Å². The average Bonchev–Trinajstić information content (AvgIpc) is 3.10. The average molecular weight is 439 g/mol. The Kier molecular flexibility index (Phi) is 17.1. The third-order valence-corrected chi connectivity index (χ3v) is 4.04. The van der Waals surface area contributed by atoms with Gasteiger partial charge in [0.2, 0.25) is 11.8 Å². The lowest BCUT2D eigenvalue weighted by molar-refractivity contribution is -0.124. The Morgan fingerprint density at radius 3 is 1.48 bits per heavy atom. The Bertz CT molecular complexity index is 565. The minimum Gasteiger partial charge on any atom is -0.466 e. The maximum atomic E-state index is 11.0. The highest BCUT2D eigenvalue weighted by Crippen LogP contribution is 2.22. The van der Waals surface area contributed by atoms with Gasteiger partial charge in [0.25, 0.3) is 0 Å². The fourth-order valence-corrected chi connectivity index (χ4v) is 2.25. The molecule has 0 spiro atoms. The lowest BCUT2D eigenvalue weighted by atomic mass is 10.1. The Morgan fingerprint density at radius 2 is 1.23 bits per heavy atom. The standard InChI is InChI=1S/C10H16O.2C8H17NO/c1-7(2)9-5-6-10(11-9)8(3)4;1-6(2)5-9-8(10)7(3)4;1-6(2)5-8(10)9-7(3)4/h5-8H,1-4H3;2*6-7H,5H2,1-4H3,(H,9,10). The van der Waals surface area contributed by atoms with Crippen molar-refractivity contribution < 1.29 is 14.0 Å². The van der Waals surface area contributed by atoms with Crippen LogP contribution in [0.1, 0.15) is 113 Å². The summed E-state index contributed by atoms with van der Waals surface area (Å²) in [7, 11) is 0. The summed E-state index contributed by atoms with van der Waals surface area (Å²) in [5, 5.41) is 5.68. The summed E-state index contributed by atoms with van der Waals surface area (Å²) in [6.07, 6.45) is 0.637. The first-order chi connectivity index (χ1) is 14.2. The molecule has 0 saturated heterocycles. The van der Waals surface area contributed by atoms with Crippen LogP contribution in [0.15, 0.2) is 16.5 Å². The molecule has 1 aromatic rings. The van der Waals surface area contributed by atoms with Gasteiger partial charge < -0.3 is 15.1 Å². The molecule has 0 bridgehead atoms. The van der Waals surface area contributed by atoms with Gasteiger partial charge >= 0.3 is 0 Å². The molecule has 0 aliphatic heterocycles. The van der Waals surface area contributed by atoms with Crippen LogP contribution in [0.4, 0.5) is 0 Å². The first-order valence-corrected chi connectivity index (χ1v) is 11.8. The van der Waals surface area contributed by atoms with Crippen LogP contribution in [0.2, 0.25) is 0 Å². The summed E-state index contributed by atoms with van der Waals surface area (Å²) in [6, 6.07) is 4.41. The zero-order valence-corrected chi connectivity index (χ0v) is 22.3. The molecular weight excluding hydrogens is 388 g/mol. The molecule has 1 rings (SSSR count). The van der Waals surface area contributed by atoms with E-state index in [0.717, 1.165) is 18.1 Å². The Hall–Kier alpha value is -1.78. The minimum absolute atomic E-state index is 0.110. The summed E-state index contributed by atoms with van der Waals surface area (Å²) in [5.41, 5.74) is 0. The van der Waals surface area contributed by atoms with Crippen molar-refractivity contribution in [3.05, 3.63) is 23.7 Å². The van der Waals surface area contributed by atoms with Gasteiger partial charge in [-0.05, 0) is 37.8 Å². The number of amides is 2. The van der Waals surface area contributed by atoms with E-state index in [0.29, 0.717) is 30.1 Å². The number of hydrogen-bond acceptors (Lipinski definition) is 3. The van der Waals surface area contributed by atoms with Gasteiger partial charge in [0.05, 0.1) is 0 Å². The lowest BCUT2D eigenvalue weighted by Crippen LogP contribution is -2.30. The summed E-state index contributed by atoms with van der Waals surface area (Å²) in [4.78, 5) is 21.9. The summed E-state index contributed by atoms with van der Waals surface area (Å²) in [5.74, 6) is 4.60. The van der Waals surface area contributed by atoms with Crippen LogP contribution in [-0.4, -0.2) is 24.4 Å². The SMILES string of the molecule is CC(C)CC(=O)NC(C)C.CC(C)CNC(=O)C(C)C.CC(C)c1ccc(C(C)C)o1. The van der Waals surface area contributed by atoms with Crippen molar-refractivity contribution in [1.82, 2.24) is 10.6 Å². The molecule has 0 aliphatic rings. The monoisotopic (exact) mass is 438 g/mol. The van der Waals surface area contributed by atoms with E-state index in [1.807, 2.05) is 41.5 Å². The van der Waals surface area contributed by atoms with Crippen molar-refractivity contribution in [2.24, 2.45) is 17.8 Å². The molecule has 0 atom stereocenters. The molecule has 0 aromatic carbocycles. The lowest BCUT2D eigenvalue weighted by Gasteiger charge is -2.09. The number of hydrogen-bond donors (Lipinski definition) is 2. The molecule has 0 aliphatic carbocycles. The van der Waals surface area contributed by atoms with E-state index in [1.165, 1.54) is 0 Å². The summed E-state index contributed by atoms with van der Waals surface area (Å²) < 4.78 is 5.61. The second-order valence-electron chi connectivity index (χ2n) is 10.2. The quantitative estimate of drug-likeness (QED) is 0.487. The topological polar surface area (TPSA) is 71.3 Å². The number of rotatable bonds is 8. The highest BCUT2D eigenvalue weighted by Gasteiger charge is 2.08. The molecular formula is C26H50N2O3. The predicted octanol–water partition coefficient (Wildman–Crippen LogP) is 6.50. The van der Waals surface area contributed by atoms with E-state index in [4.69, 9.17) is 4.42 Å². The Balaban J connectivity index is 0. The third kappa shape index (κ3) is 18.7. The van der Waals surface area contributed by atoms with Gasteiger partial charge in [0.1, 0.15) is 11.5 Å². The first kappa shape index (κ1) is 31.4. The van der Waals surface area contributed by atoms with Crippen LogP contribution in [-0.2, 0) is 9.59 Å². The molecule has 5 heteroatoms. The summed E-state index contributed by atoms with van der Waals surface area (Å²) in [6.45, 7) is 25.3. The normalized spacial score (nSPS) is 10.9. The van der Waals surface area contributed by atoms with E-state index in [-0.39, 0.29) is 23.8 Å². The van der Waals surface area contributed by atoms with Crippen LogP contribution in [0.5, 0.6) is 0 Å². The zero-order valence-electron chi connectivity index (χ0n) is 22.3. The fraction of sp³-hybridized carbons (Fsp3) is 0.769. The first-order valence-electron chi connectivity index (χ1n) is 11.8. The highest BCUT2D eigenvalue weighted by molar-refractivity contribution is 5.77. The molecule has 5 nitrogen and oxygen atoms in total. The molecule has 2 amide bonds. The number of nitrogens with one attached hydrogen (secondary N) is 2. The molecule has 182 valence electrons. The molecule has 1 heterocycles. The third-order valence-electron chi connectivity index (χ3n) is 4.04. The molecule has 1 aromatic heterocycles. The van der Waals surface area contributed by atoms with Gasteiger partial charge in [-0.25, -0.2) is 0 Å². The molecule has 2 N–H and O–H groups in total. The van der Waals surface area contributed by atoms with Crippen molar-refractivity contribution in [3.8, 4) is 0 Å². The largest absolute Gasteiger partial charge is 0.466 e. The Labute approximate surface area is 192 Å². The fourth-order valence-electron chi connectivity index (χ4n) is 2.25. The van der Waals surface area contributed by atoms with Gasteiger partial charge in [-0.2, -0.15) is 0 Å². The zero-order chi connectivity index (χ0) is 24.7. The number of carbonyl (C=O) groups is 2. The predicted molar refractivity (Wildman–Crippen MR) is 132 cm³/mol. The van der Waals surface area contributed by atoms with E-state index in [2.05, 4.69) is 64.3 Å². The van der Waals surface area contributed by atoms with Crippen molar-refractivity contribution in [2.45, 2.75) is 107 Å². The maximum Gasteiger partial charge on any atom is 0.222 e. The molecule has 0 fully saturated rings. The molecule has 0 radical (unpaired) electrons. The molecule has 0 unspecified atom stereocenters. The van der Waals surface area contributed by atoms with Crippen LogP contribution >= 0.6 is 0 Å². The van der Waals surface area contributed by atoms with Crippen molar-refractivity contribution in [1.29, 1.82) is 0 Å². The molecule has 31 heavy (non-hydrogen) atoms. The number of carbonyl (C=O) groups excluding carboxylic acids is 2. The number of furan rings is 1. The van der Waals surface area contributed by atoms with Gasteiger partial charge in [-0.1, -0.05) is 69.2 Å². The summed E-state index contributed by atoms with van der Waals surface area (Å²) >= 11 is 0.